The average molecular weight is 369 g/mol. The number of aromatic nitrogens is 1. The second-order valence-electron chi connectivity index (χ2n) is 7.24. The summed E-state index contributed by atoms with van der Waals surface area (Å²) in [5.74, 6) is 0.197. The van der Waals surface area contributed by atoms with Crippen molar-refractivity contribution in [3.8, 4) is 11.1 Å². The fourth-order valence-electron chi connectivity index (χ4n) is 3.44. The predicted octanol–water partition coefficient (Wildman–Crippen LogP) is 4.52. The van der Waals surface area contributed by atoms with Gasteiger partial charge in [0.2, 0.25) is 5.91 Å². The van der Waals surface area contributed by atoms with Crippen molar-refractivity contribution < 1.29 is 9.59 Å². The molecule has 5 rings (SSSR count). The maximum absolute atomic E-state index is 12.4. The molecule has 3 N–H and O–H groups in total. The lowest BCUT2D eigenvalue weighted by Gasteiger charge is -2.08. The highest BCUT2D eigenvalue weighted by molar-refractivity contribution is 6.35. The van der Waals surface area contributed by atoms with Gasteiger partial charge in [-0.2, -0.15) is 0 Å². The molecule has 0 spiro atoms. The summed E-state index contributed by atoms with van der Waals surface area (Å²) in [5.41, 5.74) is 6.12. The number of H-pyrrole nitrogens is 1. The molecule has 0 unspecified atom stereocenters. The number of carbonyl (C=O) groups excluding carboxylic acids is 2. The van der Waals surface area contributed by atoms with Crippen LogP contribution in [-0.4, -0.2) is 16.8 Å². The van der Waals surface area contributed by atoms with Crippen LogP contribution in [0.25, 0.3) is 22.8 Å². The van der Waals surface area contributed by atoms with Crippen molar-refractivity contribution in [2.24, 2.45) is 5.92 Å². The lowest BCUT2D eigenvalue weighted by Crippen LogP contribution is -2.12. The zero-order valence-corrected chi connectivity index (χ0v) is 15.2. The first kappa shape index (κ1) is 16.6. The number of anilines is 2. The summed E-state index contributed by atoms with van der Waals surface area (Å²) in [5, 5.41) is 5.90. The number of rotatable bonds is 4. The molecule has 2 aliphatic rings. The van der Waals surface area contributed by atoms with Crippen LogP contribution in [0.4, 0.5) is 11.4 Å². The number of benzene rings is 2. The summed E-state index contributed by atoms with van der Waals surface area (Å²) in [6, 6.07) is 17.6. The standard InChI is InChI=1S/C23H19N3O2/c27-22(15-3-4-15)25-17-8-5-14(6-9-17)16-7-10-19-20(13-18-2-1-11-24-18)23(28)26-21(19)12-16/h1-2,5-13,15,24H,3-4H2,(H,25,27)(H,26,28)/b20-13-. The van der Waals surface area contributed by atoms with Crippen LogP contribution in [0, 0.1) is 5.92 Å². The monoisotopic (exact) mass is 369 g/mol. The maximum Gasteiger partial charge on any atom is 0.256 e. The molecule has 0 atom stereocenters. The minimum Gasteiger partial charge on any atom is -0.362 e. The lowest BCUT2D eigenvalue weighted by molar-refractivity contribution is -0.117. The number of hydrogen-bond donors (Lipinski definition) is 3. The van der Waals surface area contributed by atoms with Crippen molar-refractivity contribution >= 4 is 34.8 Å². The molecule has 5 heteroatoms. The number of amides is 2. The van der Waals surface area contributed by atoms with Crippen LogP contribution in [0.1, 0.15) is 24.1 Å². The molecule has 5 nitrogen and oxygen atoms in total. The number of aromatic amines is 1. The van der Waals surface area contributed by atoms with E-state index < -0.39 is 0 Å². The number of hydrogen-bond acceptors (Lipinski definition) is 2. The van der Waals surface area contributed by atoms with Crippen molar-refractivity contribution in [1.29, 1.82) is 0 Å². The highest BCUT2D eigenvalue weighted by Gasteiger charge is 2.29. The number of fused-ring (bicyclic) bond motifs is 1. The van der Waals surface area contributed by atoms with Gasteiger partial charge in [0.25, 0.3) is 5.91 Å². The third-order valence-corrected chi connectivity index (χ3v) is 5.16. The van der Waals surface area contributed by atoms with E-state index in [0.717, 1.165) is 46.6 Å². The summed E-state index contributed by atoms with van der Waals surface area (Å²) >= 11 is 0. The Morgan fingerprint density at radius 1 is 1.04 bits per heavy atom. The van der Waals surface area contributed by atoms with Crippen LogP contribution in [-0.2, 0) is 9.59 Å². The Balaban J connectivity index is 1.40. The van der Waals surface area contributed by atoms with Crippen LogP contribution in [0.5, 0.6) is 0 Å². The smallest absolute Gasteiger partial charge is 0.256 e. The van der Waals surface area contributed by atoms with Crippen LogP contribution >= 0.6 is 0 Å². The van der Waals surface area contributed by atoms with Gasteiger partial charge in [-0.1, -0.05) is 24.3 Å². The van der Waals surface area contributed by atoms with Crippen LogP contribution in [0.3, 0.4) is 0 Å². The highest BCUT2D eigenvalue weighted by Crippen LogP contribution is 2.36. The molecule has 0 saturated heterocycles. The molecule has 1 fully saturated rings. The van der Waals surface area contributed by atoms with E-state index in [4.69, 9.17) is 0 Å². The molecule has 1 aliphatic carbocycles. The quantitative estimate of drug-likeness (QED) is 0.592. The minimum atomic E-state index is -0.0973. The fraction of sp³-hybridized carbons (Fsp3) is 0.130. The summed E-state index contributed by atoms with van der Waals surface area (Å²) < 4.78 is 0. The SMILES string of the molecule is O=C1Nc2cc(-c3ccc(NC(=O)C4CC4)cc3)ccc2/C1=C/c1ccc[nH]1. The zero-order valence-electron chi connectivity index (χ0n) is 15.2. The summed E-state index contributed by atoms with van der Waals surface area (Å²) in [4.78, 5) is 27.3. The van der Waals surface area contributed by atoms with Gasteiger partial charge in [-0.15, -0.1) is 0 Å². The molecular formula is C23H19N3O2. The van der Waals surface area contributed by atoms with Crippen molar-refractivity contribution in [3.05, 3.63) is 72.1 Å². The van der Waals surface area contributed by atoms with Gasteiger partial charge in [-0.05, 0) is 60.4 Å². The molecule has 2 heterocycles. The normalized spacial score (nSPS) is 16.7. The third kappa shape index (κ3) is 3.11. The van der Waals surface area contributed by atoms with Gasteiger partial charge in [0.1, 0.15) is 0 Å². The molecule has 0 radical (unpaired) electrons. The Morgan fingerprint density at radius 3 is 2.54 bits per heavy atom. The molecule has 3 aromatic rings. The Hall–Kier alpha value is -3.60. The molecule has 1 saturated carbocycles. The van der Waals surface area contributed by atoms with Gasteiger partial charge in [-0.3, -0.25) is 9.59 Å². The third-order valence-electron chi connectivity index (χ3n) is 5.16. The average Bonchev–Trinajstić information content (AvgIpc) is 3.35. The van der Waals surface area contributed by atoms with E-state index in [2.05, 4.69) is 15.6 Å². The summed E-state index contributed by atoms with van der Waals surface area (Å²) in [6.45, 7) is 0. The Bertz CT molecular complexity index is 1090. The molecule has 2 aromatic carbocycles. The van der Waals surface area contributed by atoms with Gasteiger partial charge in [0, 0.05) is 34.7 Å². The molecule has 138 valence electrons. The first-order valence-corrected chi connectivity index (χ1v) is 9.39. The molecule has 1 aromatic heterocycles. The van der Waals surface area contributed by atoms with Crippen LogP contribution < -0.4 is 10.6 Å². The van der Waals surface area contributed by atoms with E-state index in [-0.39, 0.29) is 17.7 Å². The Morgan fingerprint density at radius 2 is 1.82 bits per heavy atom. The van der Waals surface area contributed by atoms with E-state index in [1.165, 1.54) is 0 Å². The van der Waals surface area contributed by atoms with Gasteiger partial charge in [0.05, 0.1) is 5.57 Å². The zero-order chi connectivity index (χ0) is 19.1. The summed E-state index contributed by atoms with van der Waals surface area (Å²) in [6.07, 6.45) is 5.67. The van der Waals surface area contributed by atoms with E-state index in [1.807, 2.05) is 66.9 Å². The molecule has 0 bridgehead atoms. The topological polar surface area (TPSA) is 74.0 Å². The van der Waals surface area contributed by atoms with E-state index in [9.17, 15) is 9.59 Å². The van der Waals surface area contributed by atoms with E-state index >= 15 is 0 Å². The largest absolute Gasteiger partial charge is 0.362 e. The molecule has 1 aliphatic heterocycles. The molecular weight excluding hydrogens is 350 g/mol. The number of nitrogens with one attached hydrogen (secondary N) is 3. The van der Waals surface area contributed by atoms with Crippen molar-refractivity contribution in [3.63, 3.8) is 0 Å². The van der Waals surface area contributed by atoms with Gasteiger partial charge in [-0.25, -0.2) is 0 Å². The van der Waals surface area contributed by atoms with E-state index in [0.29, 0.717) is 5.57 Å². The molecule has 2 amide bonds. The van der Waals surface area contributed by atoms with Gasteiger partial charge in [0.15, 0.2) is 0 Å². The van der Waals surface area contributed by atoms with Crippen molar-refractivity contribution in [2.75, 3.05) is 10.6 Å². The van der Waals surface area contributed by atoms with Crippen LogP contribution in [0.15, 0.2) is 60.8 Å². The van der Waals surface area contributed by atoms with E-state index in [1.54, 1.807) is 0 Å². The predicted molar refractivity (Wildman–Crippen MR) is 111 cm³/mol. The maximum atomic E-state index is 12.4. The Labute approximate surface area is 162 Å². The summed E-state index contributed by atoms with van der Waals surface area (Å²) in [7, 11) is 0. The number of carbonyl (C=O) groups is 2. The fourth-order valence-corrected chi connectivity index (χ4v) is 3.44. The lowest BCUT2D eigenvalue weighted by atomic mass is 10.00. The first-order chi connectivity index (χ1) is 13.7. The Kier molecular flexibility index (Phi) is 3.86. The van der Waals surface area contributed by atoms with Gasteiger partial charge < -0.3 is 15.6 Å². The minimum absolute atomic E-state index is 0.0973. The molecule has 28 heavy (non-hydrogen) atoms. The highest BCUT2D eigenvalue weighted by atomic mass is 16.2. The second kappa shape index (κ2) is 6.53. The van der Waals surface area contributed by atoms with Crippen LogP contribution in [0.2, 0.25) is 0 Å². The van der Waals surface area contributed by atoms with Crippen molar-refractivity contribution in [2.45, 2.75) is 12.8 Å². The van der Waals surface area contributed by atoms with Gasteiger partial charge >= 0.3 is 0 Å². The first-order valence-electron chi connectivity index (χ1n) is 9.39. The van der Waals surface area contributed by atoms with Crippen molar-refractivity contribution in [1.82, 2.24) is 4.98 Å². The second-order valence-corrected chi connectivity index (χ2v) is 7.24.